The second kappa shape index (κ2) is 9.75. The van der Waals surface area contributed by atoms with Crippen LogP contribution in [0.3, 0.4) is 0 Å². The molecule has 0 saturated carbocycles. The zero-order chi connectivity index (χ0) is 47.3. The van der Waals surface area contributed by atoms with Crippen molar-refractivity contribution in [1.82, 2.24) is 24.1 Å². The molecule has 0 atom stereocenters. The van der Waals surface area contributed by atoms with E-state index in [4.69, 9.17) is 32.4 Å². The highest BCUT2D eigenvalue weighted by Crippen LogP contribution is 2.37. The minimum absolute atomic E-state index is 0.0632. The number of rotatable bonds is 4. The Kier molecular flexibility index (Phi) is 2.56. The molecule has 0 saturated heterocycles. The fourth-order valence-corrected chi connectivity index (χ4v) is 5.21. The number of nitrogens with zero attached hydrogens (tertiary/aromatic N) is 5. The average molecular weight is 585 g/mol. The van der Waals surface area contributed by atoms with Gasteiger partial charge in [-0.25, -0.2) is 9.97 Å². The van der Waals surface area contributed by atoms with Gasteiger partial charge in [-0.1, -0.05) is 96.7 Å². The third-order valence-corrected chi connectivity index (χ3v) is 7.01. The summed E-state index contributed by atoms with van der Waals surface area (Å²) in [6.45, 7) is 0. The van der Waals surface area contributed by atoms with E-state index in [1.54, 1.807) is 0 Å². The van der Waals surface area contributed by atoms with Crippen LogP contribution >= 0.6 is 0 Å². The van der Waals surface area contributed by atoms with Crippen molar-refractivity contribution in [1.29, 1.82) is 0 Å². The summed E-state index contributed by atoms with van der Waals surface area (Å²) in [5.41, 5.74) is -3.08. The van der Waals surface area contributed by atoms with E-state index < -0.39 is 161 Å². The molecule has 0 unspecified atom stereocenters. The van der Waals surface area contributed by atoms with Crippen LogP contribution in [-0.4, -0.2) is 24.1 Å². The van der Waals surface area contributed by atoms with Crippen LogP contribution in [0.1, 0.15) is 28.8 Å². The molecular formula is C39H25N5. The van der Waals surface area contributed by atoms with E-state index in [0.717, 1.165) is 4.57 Å². The Morgan fingerprint density at radius 2 is 1.16 bits per heavy atom. The first-order chi connectivity index (χ1) is 30.6. The third kappa shape index (κ3) is 3.69. The quantitative estimate of drug-likeness (QED) is 0.207. The van der Waals surface area contributed by atoms with Gasteiger partial charge < -0.3 is 4.57 Å². The van der Waals surface area contributed by atoms with Crippen molar-refractivity contribution in [3.05, 3.63) is 151 Å². The molecule has 0 radical (unpaired) electrons. The maximum atomic E-state index is 9.65. The summed E-state index contributed by atoms with van der Waals surface area (Å²) in [6.07, 6.45) is -0.661. The molecule has 0 aliphatic carbocycles. The Bertz CT molecular complexity index is 3590. The van der Waals surface area contributed by atoms with Gasteiger partial charge in [0, 0.05) is 39.5 Å². The molecule has 44 heavy (non-hydrogen) atoms. The Balaban J connectivity index is 1.53. The van der Waals surface area contributed by atoms with Gasteiger partial charge in [0.1, 0.15) is 5.82 Å². The highest BCUT2D eigenvalue weighted by Gasteiger charge is 2.20. The van der Waals surface area contributed by atoms with E-state index in [-0.39, 0.29) is 44.0 Å². The first-order valence-corrected chi connectivity index (χ1v) is 13.0. The molecule has 5 aromatic carbocycles. The average Bonchev–Trinajstić information content (AvgIpc) is 3.83. The van der Waals surface area contributed by atoms with E-state index in [1.807, 2.05) is 0 Å². The molecule has 0 aliphatic rings. The largest absolute Gasteiger partial charge is 0.307 e. The number of aromatic nitrogens is 5. The summed E-state index contributed by atoms with van der Waals surface area (Å²) >= 11 is 0. The Hall–Kier alpha value is -6.07. The van der Waals surface area contributed by atoms with Crippen molar-refractivity contribution in [3.8, 4) is 34.2 Å². The van der Waals surface area contributed by atoms with Gasteiger partial charge in [0.15, 0.2) is 5.82 Å². The standard InChI is InChI=1S/C39H25N5/c1-2-13-26(14-3-1)31-25-37(44-32-19-8-4-15-27(32)28-16-5-9-20-33(28)44)42-39(41-31)30-18-7-11-22-35(30)43-34-21-10-6-17-29(34)38-36(43)23-12-24-40-38/h1-25H/i1D,2D,3D,4D,5D,6D,8D,9D,10D,12D,13D,14D,15D,16D,17D,19D,20D,21D,23D,24D,25D. The van der Waals surface area contributed by atoms with Crippen LogP contribution in [-0.2, 0) is 0 Å². The maximum Gasteiger partial charge on any atom is 0.164 e. The first kappa shape index (κ1) is 11.5. The first-order valence-electron chi connectivity index (χ1n) is 23.5. The van der Waals surface area contributed by atoms with Gasteiger partial charge in [-0.3, -0.25) is 9.55 Å². The number of fused-ring (bicyclic) bond motifs is 6. The normalized spacial score (nSPS) is 18.3. The van der Waals surface area contributed by atoms with Crippen molar-refractivity contribution < 1.29 is 28.8 Å². The highest BCUT2D eigenvalue weighted by atomic mass is 15.1. The van der Waals surface area contributed by atoms with E-state index >= 15 is 0 Å². The van der Waals surface area contributed by atoms with Crippen LogP contribution in [0.4, 0.5) is 0 Å². The van der Waals surface area contributed by atoms with E-state index in [2.05, 4.69) is 9.97 Å². The molecule has 0 spiro atoms. The van der Waals surface area contributed by atoms with Crippen LogP contribution in [0.15, 0.2) is 151 Å². The SMILES string of the molecule is [2H]c1nc2c3c([2H])c([2H])c([2H])c([2H])c3n(-c3ccccc3-c3nc(-c4c([2H])c([2H])c([2H])c([2H])c4[2H])c([2H])c(-n4c5c([2H])c([2H])c([2H])c([2H])c5c5c([2H])c([2H])c([2H])c([2H])c54)n3)c2c([2H])c1[2H]. The van der Waals surface area contributed by atoms with Crippen molar-refractivity contribution in [2.24, 2.45) is 0 Å². The molecule has 5 nitrogen and oxygen atoms in total. The molecule has 0 N–H and O–H groups in total. The molecule has 0 aliphatic heterocycles. The van der Waals surface area contributed by atoms with Crippen LogP contribution < -0.4 is 0 Å². The molecule has 5 heteroatoms. The molecule has 4 aromatic heterocycles. The predicted molar refractivity (Wildman–Crippen MR) is 179 cm³/mol. The highest BCUT2D eigenvalue weighted by molar-refractivity contribution is 6.09. The minimum Gasteiger partial charge on any atom is -0.307 e. The fraction of sp³-hybridized carbons (Fsp3) is 0. The molecule has 0 amide bonds. The van der Waals surface area contributed by atoms with Gasteiger partial charge in [0.05, 0.1) is 67.8 Å². The summed E-state index contributed by atoms with van der Waals surface area (Å²) in [4.78, 5) is 13.5. The molecule has 9 rings (SSSR count). The van der Waals surface area contributed by atoms with Gasteiger partial charge in [-0.05, 0) is 42.3 Å². The fourth-order valence-electron chi connectivity index (χ4n) is 5.21. The van der Waals surface area contributed by atoms with E-state index in [0.29, 0.717) is 0 Å². The number of hydrogen-bond acceptors (Lipinski definition) is 3. The lowest BCUT2D eigenvalue weighted by Gasteiger charge is -2.15. The molecule has 9 aromatic rings. The maximum absolute atomic E-state index is 9.65. The second-order valence-corrected chi connectivity index (χ2v) is 9.37. The Labute approximate surface area is 282 Å². The Morgan fingerprint density at radius 1 is 0.545 bits per heavy atom. The van der Waals surface area contributed by atoms with Crippen LogP contribution in [0.5, 0.6) is 0 Å². The van der Waals surface area contributed by atoms with Crippen LogP contribution in [0.2, 0.25) is 0 Å². The lowest BCUT2D eigenvalue weighted by atomic mass is 10.1. The van der Waals surface area contributed by atoms with Gasteiger partial charge in [0.25, 0.3) is 0 Å². The molecule has 206 valence electrons. The monoisotopic (exact) mass is 584 g/mol. The van der Waals surface area contributed by atoms with Gasteiger partial charge >= 0.3 is 0 Å². The third-order valence-electron chi connectivity index (χ3n) is 7.01. The summed E-state index contributed by atoms with van der Waals surface area (Å²) in [7, 11) is 0. The molecular weight excluding hydrogens is 538 g/mol. The smallest absolute Gasteiger partial charge is 0.164 e. The lowest BCUT2D eigenvalue weighted by molar-refractivity contribution is 1.04. The predicted octanol–water partition coefficient (Wildman–Crippen LogP) is 9.40. The van der Waals surface area contributed by atoms with Crippen molar-refractivity contribution in [3.63, 3.8) is 0 Å². The number of para-hydroxylation sites is 4. The summed E-state index contributed by atoms with van der Waals surface area (Å²) in [5, 5.41) is -0.964. The van der Waals surface area contributed by atoms with Crippen molar-refractivity contribution in [2.45, 2.75) is 0 Å². The number of benzene rings is 5. The zero-order valence-electron chi connectivity index (χ0n) is 43.0. The summed E-state index contributed by atoms with van der Waals surface area (Å²) in [5.74, 6) is -1.12. The van der Waals surface area contributed by atoms with Crippen LogP contribution in [0.25, 0.3) is 77.9 Å². The molecule has 0 bridgehead atoms. The van der Waals surface area contributed by atoms with Gasteiger partial charge in [-0.2, -0.15) is 0 Å². The van der Waals surface area contributed by atoms with Crippen molar-refractivity contribution in [2.75, 3.05) is 0 Å². The van der Waals surface area contributed by atoms with E-state index in [1.165, 1.54) is 28.8 Å². The molecule has 4 heterocycles. The summed E-state index contributed by atoms with van der Waals surface area (Å²) < 4.78 is 186. The second-order valence-electron chi connectivity index (χ2n) is 9.37. The number of hydrogen-bond donors (Lipinski definition) is 0. The Morgan fingerprint density at radius 3 is 1.91 bits per heavy atom. The lowest BCUT2D eigenvalue weighted by Crippen LogP contribution is -2.04. The van der Waals surface area contributed by atoms with Gasteiger partial charge in [-0.15, -0.1) is 0 Å². The van der Waals surface area contributed by atoms with Crippen molar-refractivity contribution >= 4 is 43.7 Å². The van der Waals surface area contributed by atoms with Gasteiger partial charge in [0.2, 0.25) is 0 Å². The number of pyridine rings is 1. The summed E-state index contributed by atoms with van der Waals surface area (Å²) in [6, 6.07) is -8.90. The zero-order valence-corrected chi connectivity index (χ0v) is 22.0. The topological polar surface area (TPSA) is 48.5 Å². The van der Waals surface area contributed by atoms with Crippen LogP contribution in [0, 0.1) is 0 Å². The minimum atomic E-state index is -0.825. The van der Waals surface area contributed by atoms with E-state index in [9.17, 15) is 1.37 Å². The molecule has 0 fully saturated rings.